The Morgan fingerprint density at radius 3 is 2.38 bits per heavy atom. The zero-order valence-corrected chi connectivity index (χ0v) is 20.0. The molecule has 0 amide bonds. The minimum absolute atomic E-state index is 0. The van der Waals surface area contributed by atoms with Crippen molar-refractivity contribution in [2.24, 2.45) is 10.9 Å². The molecule has 0 radical (unpaired) electrons. The van der Waals surface area contributed by atoms with Crippen molar-refractivity contribution in [2.45, 2.75) is 52.0 Å². The SMILES string of the molecule is CCNC(=NCCS(=O)(=O)N1CCSCC1)NC1CCC(CC)CC1.I. The van der Waals surface area contributed by atoms with Crippen LogP contribution in [0.2, 0.25) is 0 Å². The maximum absolute atomic E-state index is 12.4. The highest BCUT2D eigenvalue weighted by atomic mass is 127. The summed E-state index contributed by atoms with van der Waals surface area (Å²) in [5, 5.41) is 6.74. The molecule has 6 nitrogen and oxygen atoms in total. The van der Waals surface area contributed by atoms with Crippen LogP contribution in [0.5, 0.6) is 0 Å². The Bertz CT molecular complexity index is 517. The Kier molecular flexibility index (Phi) is 11.8. The number of nitrogens with one attached hydrogen (secondary N) is 2. The summed E-state index contributed by atoms with van der Waals surface area (Å²) in [4.78, 5) is 4.51. The van der Waals surface area contributed by atoms with Crippen molar-refractivity contribution in [1.82, 2.24) is 14.9 Å². The molecule has 2 N–H and O–H groups in total. The summed E-state index contributed by atoms with van der Waals surface area (Å²) in [6.45, 7) is 6.67. The third-order valence-electron chi connectivity index (χ3n) is 5.09. The number of sulfonamides is 1. The number of thioether (sulfide) groups is 1. The molecule has 0 atom stereocenters. The Hall–Kier alpha value is 0.260. The van der Waals surface area contributed by atoms with Gasteiger partial charge in [-0.1, -0.05) is 13.3 Å². The molecule has 26 heavy (non-hydrogen) atoms. The van der Waals surface area contributed by atoms with E-state index < -0.39 is 10.0 Å². The second-order valence-electron chi connectivity index (χ2n) is 6.86. The lowest BCUT2D eigenvalue weighted by atomic mass is 9.84. The lowest BCUT2D eigenvalue weighted by Crippen LogP contribution is -2.45. The van der Waals surface area contributed by atoms with Crippen LogP contribution in [0, 0.1) is 5.92 Å². The van der Waals surface area contributed by atoms with Crippen molar-refractivity contribution >= 4 is 51.7 Å². The summed E-state index contributed by atoms with van der Waals surface area (Å²) >= 11 is 1.82. The van der Waals surface area contributed by atoms with E-state index in [1.165, 1.54) is 32.1 Å². The zero-order valence-electron chi connectivity index (χ0n) is 16.1. The quantitative estimate of drug-likeness (QED) is 0.308. The van der Waals surface area contributed by atoms with Crippen molar-refractivity contribution in [2.75, 3.05) is 43.4 Å². The molecule has 1 aliphatic heterocycles. The van der Waals surface area contributed by atoms with Crippen molar-refractivity contribution in [3.05, 3.63) is 0 Å². The largest absolute Gasteiger partial charge is 0.357 e. The van der Waals surface area contributed by atoms with Crippen LogP contribution in [0.3, 0.4) is 0 Å². The monoisotopic (exact) mass is 518 g/mol. The number of hydrogen-bond donors (Lipinski definition) is 2. The molecule has 0 aromatic carbocycles. The highest BCUT2D eigenvalue weighted by molar-refractivity contribution is 14.0. The Labute approximate surface area is 180 Å². The molecule has 1 saturated carbocycles. The molecule has 1 aliphatic carbocycles. The molecular formula is C17H35IN4O2S2. The Morgan fingerprint density at radius 1 is 1.15 bits per heavy atom. The van der Waals surface area contributed by atoms with Gasteiger partial charge >= 0.3 is 0 Å². The van der Waals surface area contributed by atoms with Crippen LogP contribution < -0.4 is 10.6 Å². The lowest BCUT2D eigenvalue weighted by Gasteiger charge is -2.29. The maximum Gasteiger partial charge on any atom is 0.215 e. The first-order valence-corrected chi connectivity index (χ1v) is 12.4. The predicted octanol–water partition coefficient (Wildman–Crippen LogP) is 2.51. The van der Waals surface area contributed by atoms with Gasteiger partial charge in [-0.3, -0.25) is 4.99 Å². The van der Waals surface area contributed by atoms with E-state index in [2.05, 4.69) is 22.5 Å². The second-order valence-corrected chi connectivity index (χ2v) is 10.2. The molecule has 1 saturated heterocycles. The number of guanidine groups is 1. The van der Waals surface area contributed by atoms with Crippen molar-refractivity contribution in [1.29, 1.82) is 0 Å². The average Bonchev–Trinajstić information content (AvgIpc) is 2.63. The fraction of sp³-hybridized carbons (Fsp3) is 0.941. The normalized spacial score (nSPS) is 25.4. The third-order valence-corrected chi connectivity index (χ3v) is 7.88. The molecule has 2 fully saturated rings. The van der Waals surface area contributed by atoms with E-state index in [-0.39, 0.29) is 29.7 Å². The summed E-state index contributed by atoms with van der Waals surface area (Å²) in [6, 6.07) is 0.455. The minimum atomic E-state index is -3.18. The summed E-state index contributed by atoms with van der Waals surface area (Å²) in [6.07, 6.45) is 6.16. The van der Waals surface area contributed by atoms with Gasteiger partial charge in [0.2, 0.25) is 10.0 Å². The lowest BCUT2D eigenvalue weighted by molar-refractivity contribution is 0.304. The van der Waals surface area contributed by atoms with Gasteiger partial charge in [0.25, 0.3) is 0 Å². The van der Waals surface area contributed by atoms with Crippen LogP contribution in [0.15, 0.2) is 4.99 Å². The molecule has 0 aromatic heterocycles. The topological polar surface area (TPSA) is 73.8 Å². The molecule has 0 unspecified atom stereocenters. The number of halogens is 1. The summed E-state index contributed by atoms with van der Waals surface area (Å²) in [5.74, 6) is 3.51. The molecule has 9 heteroatoms. The molecule has 0 bridgehead atoms. The van der Waals surface area contributed by atoms with Gasteiger partial charge in [0, 0.05) is 37.2 Å². The fourth-order valence-electron chi connectivity index (χ4n) is 3.46. The van der Waals surface area contributed by atoms with Crippen molar-refractivity contribution in [3.8, 4) is 0 Å². The number of hydrogen-bond acceptors (Lipinski definition) is 4. The number of rotatable bonds is 7. The van der Waals surface area contributed by atoms with Gasteiger partial charge in [0.15, 0.2) is 5.96 Å². The van der Waals surface area contributed by atoms with Gasteiger partial charge in [-0.2, -0.15) is 11.8 Å². The third kappa shape index (κ3) is 8.10. The van der Waals surface area contributed by atoms with E-state index >= 15 is 0 Å². The van der Waals surface area contributed by atoms with Crippen LogP contribution in [-0.4, -0.2) is 68.2 Å². The van der Waals surface area contributed by atoms with E-state index in [4.69, 9.17) is 0 Å². The van der Waals surface area contributed by atoms with Gasteiger partial charge in [-0.15, -0.1) is 24.0 Å². The van der Waals surface area contributed by atoms with E-state index in [0.29, 0.717) is 25.7 Å². The molecule has 0 spiro atoms. The molecule has 1 heterocycles. The Morgan fingerprint density at radius 2 is 1.81 bits per heavy atom. The minimum Gasteiger partial charge on any atom is -0.357 e. The molecule has 2 aliphatic rings. The Balaban J connectivity index is 0.00000338. The molecule has 0 aromatic rings. The van der Waals surface area contributed by atoms with Gasteiger partial charge in [-0.05, 0) is 38.5 Å². The molecular weight excluding hydrogens is 483 g/mol. The second kappa shape index (κ2) is 12.7. The highest BCUT2D eigenvalue weighted by Gasteiger charge is 2.24. The van der Waals surface area contributed by atoms with Crippen LogP contribution >= 0.6 is 35.7 Å². The first-order chi connectivity index (χ1) is 12.0. The molecule has 2 rings (SSSR count). The van der Waals surface area contributed by atoms with Gasteiger partial charge in [-0.25, -0.2) is 12.7 Å². The maximum atomic E-state index is 12.4. The first kappa shape index (κ1) is 24.3. The van der Waals surface area contributed by atoms with Gasteiger partial charge in [0.1, 0.15) is 0 Å². The van der Waals surface area contributed by atoms with E-state index in [9.17, 15) is 8.42 Å². The van der Waals surface area contributed by atoms with Crippen LogP contribution in [0.1, 0.15) is 46.0 Å². The van der Waals surface area contributed by atoms with E-state index in [1.54, 1.807) is 4.31 Å². The van der Waals surface area contributed by atoms with Crippen molar-refractivity contribution in [3.63, 3.8) is 0 Å². The van der Waals surface area contributed by atoms with Crippen LogP contribution in [0.25, 0.3) is 0 Å². The summed E-state index contributed by atoms with van der Waals surface area (Å²) in [7, 11) is -3.18. The van der Waals surface area contributed by atoms with E-state index in [0.717, 1.165) is 29.9 Å². The smallest absolute Gasteiger partial charge is 0.215 e. The van der Waals surface area contributed by atoms with Crippen LogP contribution in [0.4, 0.5) is 0 Å². The van der Waals surface area contributed by atoms with Gasteiger partial charge in [0.05, 0.1) is 12.3 Å². The number of nitrogens with zero attached hydrogens (tertiary/aromatic N) is 2. The van der Waals surface area contributed by atoms with Crippen molar-refractivity contribution < 1.29 is 8.42 Å². The van der Waals surface area contributed by atoms with E-state index in [1.807, 2.05) is 18.7 Å². The predicted molar refractivity (Wildman–Crippen MR) is 123 cm³/mol. The summed E-state index contributed by atoms with van der Waals surface area (Å²) < 4.78 is 26.4. The van der Waals surface area contributed by atoms with Gasteiger partial charge < -0.3 is 10.6 Å². The van der Waals surface area contributed by atoms with Crippen LogP contribution in [-0.2, 0) is 10.0 Å². The summed E-state index contributed by atoms with van der Waals surface area (Å²) in [5.41, 5.74) is 0. The first-order valence-electron chi connectivity index (χ1n) is 9.65. The zero-order chi connectivity index (χ0) is 18.1. The average molecular weight is 519 g/mol. The standard InChI is InChI=1S/C17H34N4O2S2.HI/c1-3-15-5-7-16(8-6-15)20-17(18-4-2)19-9-14-25(22,23)21-10-12-24-13-11-21;/h15-16H,3-14H2,1-2H3,(H2,18,19,20);1H. The number of aliphatic imine (C=N–C) groups is 1. The highest BCUT2D eigenvalue weighted by Crippen LogP contribution is 2.26. The molecule has 154 valence electrons. The fourth-order valence-corrected chi connectivity index (χ4v) is 5.91.